The lowest BCUT2D eigenvalue weighted by Crippen LogP contribution is -2.44. The Hall–Kier alpha value is -2.20. The van der Waals surface area contributed by atoms with Gasteiger partial charge in [-0.25, -0.2) is 4.79 Å². The first-order valence-electron chi connectivity index (χ1n) is 12.9. The summed E-state index contributed by atoms with van der Waals surface area (Å²) in [6.07, 6.45) is 3.00. The fourth-order valence-electron chi connectivity index (χ4n) is 5.29. The minimum atomic E-state index is -1.11. The molecule has 0 unspecified atom stereocenters. The van der Waals surface area contributed by atoms with Crippen LogP contribution in [0.25, 0.3) is 0 Å². The highest BCUT2D eigenvalue weighted by Crippen LogP contribution is 2.44. The van der Waals surface area contributed by atoms with Crippen LogP contribution in [0.1, 0.15) is 52.4 Å². The molecule has 0 amide bonds. The lowest BCUT2D eigenvalue weighted by atomic mass is 9.66. The lowest BCUT2D eigenvalue weighted by Gasteiger charge is -2.43. The van der Waals surface area contributed by atoms with Gasteiger partial charge < -0.3 is 29.9 Å². The summed E-state index contributed by atoms with van der Waals surface area (Å²) in [5.74, 6) is -1.03. The number of aliphatic hydroxyl groups is 3. The third-order valence-corrected chi connectivity index (χ3v) is 7.68. The molecular weight excluding hydrogens is 544 g/mol. The molecule has 0 saturated carbocycles. The van der Waals surface area contributed by atoms with Crippen molar-refractivity contribution in [1.82, 2.24) is 0 Å². The molecule has 8 nitrogen and oxygen atoms in total. The maximum atomic E-state index is 13.2. The Morgan fingerprint density at radius 2 is 1.86 bits per heavy atom. The molecule has 1 aromatic carbocycles. The summed E-state index contributed by atoms with van der Waals surface area (Å²) in [4.78, 5) is 24.0. The SMILES string of the molecule is CC[C@H](Oc1ccc(Br)cc1)C(=O)O[C@H]1C[C@H](O)C=C2C=C[C@@H](C)[C@H](CC[C@@H](O)C[C@@H](O)CC(=O)O)[C@H]21. The van der Waals surface area contributed by atoms with E-state index in [1.165, 1.54) is 0 Å². The number of benzene rings is 1. The maximum absolute atomic E-state index is 13.2. The van der Waals surface area contributed by atoms with Crippen LogP contribution in [-0.4, -0.2) is 62.9 Å². The molecule has 0 aliphatic heterocycles. The topological polar surface area (TPSA) is 134 Å². The molecule has 37 heavy (non-hydrogen) atoms. The first kappa shape index (κ1) is 29.4. The van der Waals surface area contributed by atoms with Gasteiger partial charge >= 0.3 is 11.9 Å². The van der Waals surface area contributed by atoms with Crippen LogP contribution in [0.5, 0.6) is 5.75 Å². The maximum Gasteiger partial charge on any atom is 0.347 e. The largest absolute Gasteiger partial charge is 0.481 e. The van der Waals surface area contributed by atoms with E-state index in [0.29, 0.717) is 25.0 Å². The van der Waals surface area contributed by atoms with Gasteiger partial charge in [0.15, 0.2) is 6.10 Å². The number of ether oxygens (including phenoxy) is 2. The number of rotatable bonds is 12. The third-order valence-electron chi connectivity index (χ3n) is 7.15. The number of halogens is 1. The summed E-state index contributed by atoms with van der Waals surface area (Å²) in [5, 5.41) is 39.6. The number of hydrogen-bond acceptors (Lipinski definition) is 7. The predicted molar refractivity (Wildman–Crippen MR) is 141 cm³/mol. The summed E-state index contributed by atoms with van der Waals surface area (Å²) in [6.45, 7) is 3.92. The fourth-order valence-corrected chi connectivity index (χ4v) is 5.55. The van der Waals surface area contributed by atoms with Gasteiger partial charge in [0.25, 0.3) is 0 Å². The highest BCUT2D eigenvalue weighted by molar-refractivity contribution is 9.10. The van der Waals surface area contributed by atoms with Crippen LogP contribution < -0.4 is 4.74 Å². The highest BCUT2D eigenvalue weighted by Gasteiger charge is 2.42. The number of esters is 1. The smallest absolute Gasteiger partial charge is 0.347 e. The Balaban J connectivity index is 1.70. The molecule has 2 aliphatic carbocycles. The van der Waals surface area contributed by atoms with Crippen molar-refractivity contribution >= 4 is 27.9 Å². The molecule has 0 radical (unpaired) electrons. The molecule has 3 rings (SSSR count). The number of allylic oxidation sites excluding steroid dienone is 2. The van der Waals surface area contributed by atoms with E-state index in [4.69, 9.17) is 14.6 Å². The van der Waals surface area contributed by atoms with Crippen LogP contribution in [0.3, 0.4) is 0 Å². The number of carboxylic acids is 1. The van der Waals surface area contributed by atoms with E-state index < -0.39 is 48.9 Å². The fraction of sp³-hybridized carbons (Fsp3) is 0.571. The van der Waals surface area contributed by atoms with Gasteiger partial charge in [-0.1, -0.05) is 48.0 Å². The first-order valence-corrected chi connectivity index (χ1v) is 13.6. The van der Waals surface area contributed by atoms with Crippen molar-refractivity contribution in [2.75, 3.05) is 0 Å². The molecule has 8 atom stereocenters. The van der Waals surface area contributed by atoms with Crippen LogP contribution in [0.15, 0.2) is 52.5 Å². The number of carboxylic acid groups (broad SMARTS) is 1. The van der Waals surface area contributed by atoms with Crippen molar-refractivity contribution in [3.63, 3.8) is 0 Å². The molecule has 0 heterocycles. The van der Waals surface area contributed by atoms with Crippen LogP contribution in [0, 0.1) is 17.8 Å². The van der Waals surface area contributed by atoms with Crippen molar-refractivity contribution < 1.29 is 39.5 Å². The van der Waals surface area contributed by atoms with E-state index in [9.17, 15) is 24.9 Å². The van der Waals surface area contributed by atoms with Gasteiger partial charge in [-0.15, -0.1) is 0 Å². The van der Waals surface area contributed by atoms with E-state index in [1.807, 2.05) is 25.1 Å². The third kappa shape index (κ3) is 8.40. The van der Waals surface area contributed by atoms with Crippen LogP contribution in [-0.2, 0) is 14.3 Å². The number of carbonyl (C=O) groups excluding carboxylic acids is 1. The first-order chi connectivity index (χ1) is 17.6. The van der Waals surface area contributed by atoms with Gasteiger partial charge in [0, 0.05) is 16.8 Å². The minimum absolute atomic E-state index is 0.0146. The van der Waals surface area contributed by atoms with Crippen LogP contribution in [0.2, 0.25) is 0 Å². The molecular formula is C28H37BrO8. The summed E-state index contributed by atoms with van der Waals surface area (Å²) >= 11 is 3.38. The van der Waals surface area contributed by atoms with Crippen molar-refractivity contribution in [3.8, 4) is 5.75 Å². The van der Waals surface area contributed by atoms with E-state index in [-0.39, 0.29) is 30.6 Å². The van der Waals surface area contributed by atoms with Gasteiger partial charge in [0.2, 0.25) is 0 Å². The van der Waals surface area contributed by atoms with E-state index in [0.717, 1.165) is 10.0 Å². The lowest BCUT2D eigenvalue weighted by molar-refractivity contribution is -0.163. The second-order valence-corrected chi connectivity index (χ2v) is 11.0. The van der Waals surface area contributed by atoms with Crippen molar-refractivity contribution in [2.45, 2.75) is 82.9 Å². The number of carbonyl (C=O) groups is 2. The van der Waals surface area contributed by atoms with Gasteiger partial charge in [-0.2, -0.15) is 0 Å². The molecule has 204 valence electrons. The molecule has 0 fully saturated rings. The molecule has 0 saturated heterocycles. The average molecular weight is 582 g/mol. The summed E-state index contributed by atoms with van der Waals surface area (Å²) in [7, 11) is 0. The highest BCUT2D eigenvalue weighted by atomic mass is 79.9. The number of aliphatic carboxylic acids is 1. The molecule has 0 spiro atoms. The normalized spacial score (nSPS) is 27.4. The monoisotopic (exact) mass is 580 g/mol. The van der Waals surface area contributed by atoms with E-state index in [1.54, 1.807) is 18.2 Å². The Bertz CT molecular complexity index is 975. The van der Waals surface area contributed by atoms with Crippen molar-refractivity contribution in [2.24, 2.45) is 17.8 Å². The molecule has 4 N–H and O–H groups in total. The zero-order chi connectivity index (χ0) is 27.1. The summed E-state index contributed by atoms with van der Waals surface area (Å²) in [5.41, 5.74) is 0.905. The summed E-state index contributed by atoms with van der Waals surface area (Å²) < 4.78 is 12.8. The van der Waals surface area contributed by atoms with Gasteiger partial charge in [-0.05, 0) is 67.4 Å². The number of fused-ring (bicyclic) bond motifs is 1. The van der Waals surface area contributed by atoms with Crippen LogP contribution in [0.4, 0.5) is 0 Å². The van der Waals surface area contributed by atoms with Crippen LogP contribution >= 0.6 is 15.9 Å². The zero-order valence-corrected chi connectivity index (χ0v) is 22.8. The Morgan fingerprint density at radius 3 is 2.51 bits per heavy atom. The second kappa shape index (κ2) is 13.6. The van der Waals surface area contributed by atoms with E-state index >= 15 is 0 Å². The van der Waals surface area contributed by atoms with Crippen molar-refractivity contribution in [3.05, 3.63) is 52.5 Å². The molecule has 0 bridgehead atoms. The summed E-state index contributed by atoms with van der Waals surface area (Å²) in [6, 6.07) is 7.20. The molecule has 0 aromatic heterocycles. The Kier molecular flexibility index (Phi) is 10.8. The average Bonchev–Trinajstić information content (AvgIpc) is 2.82. The predicted octanol–water partition coefficient (Wildman–Crippen LogP) is 4.01. The second-order valence-electron chi connectivity index (χ2n) is 10.0. The molecule has 9 heteroatoms. The zero-order valence-electron chi connectivity index (χ0n) is 21.2. The van der Waals surface area contributed by atoms with Gasteiger partial charge in [-0.3, -0.25) is 4.79 Å². The van der Waals surface area contributed by atoms with Gasteiger partial charge in [0.05, 0.1) is 24.7 Å². The minimum Gasteiger partial charge on any atom is -0.481 e. The number of aliphatic hydroxyl groups excluding tert-OH is 3. The number of hydrogen-bond donors (Lipinski definition) is 4. The molecule has 2 aliphatic rings. The standard InChI is InChI=1S/C28H37BrO8/c1-3-24(36-22-9-6-18(29)7-10-22)28(35)37-25-14-20(31)12-17-5-4-16(2)23(27(17)25)11-8-19(30)13-21(32)15-26(33)34/h4-7,9-10,12,16,19-21,23-25,27,30-32H,3,8,11,13-15H2,1-2H3,(H,33,34)/t16-,19-,20-,21-,23+,24+,25+,27+/m1/s1. The Morgan fingerprint density at radius 1 is 1.16 bits per heavy atom. The Labute approximate surface area is 226 Å². The quantitative estimate of drug-likeness (QED) is 0.272. The van der Waals surface area contributed by atoms with Crippen molar-refractivity contribution in [1.29, 1.82) is 0 Å². The van der Waals surface area contributed by atoms with E-state index in [2.05, 4.69) is 28.9 Å². The van der Waals surface area contributed by atoms with Gasteiger partial charge in [0.1, 0.15) is 11.9 Å². The molecule has 1 aromatic rings.